The maximum Gasteiger partial charge on any atom is 0.227 e. The van der Waals surface area contributed by atoms with Crippen LogP contribution in [0.4, 0.5) is 8.78 Å². The predicted molar refractivity (Wildman–Crippen MR) is 99.5 cm³/mol. The minimum atomic E-state index is -0.458. The molecule has 1 amide bonds. The molecule has 144 valence electrons. The van der Waals surface area contributed by atoms with Crippen molar-refractivity contribution in [3.05, 3.63) is 71.3 Å². The summed E-state index contributed by atoms with van der Waals surface area (Å²) < 4.78 is 31.8. The third-order valence-corrected chi connectivity index (χ3v) is 4.77. The summed E-state index contributed by atoms with van der Waals surface area (Å²) >= 11 is 0. The summed E-state index contributed by atoms with van der Waals surface area (Å²) in [6.45, 7) is 4.48. The molecule has 2 aromatic carbocycles. The van der Waals surface area contributed by atoms with Gasteiger partial charge in [-0.15, -0.1) is 0 Å². The summed E-state index contributed by atoms with van der Waals surface area (Å²) in [5.74, 6) is -1.22. The molecule has 0 radical (unpaired) electrons. The maximum absolute atomic E-state index is 13.3. The molecule has 0 aliphatic carbocycles. The molecule has 1 fully saturated rings. The average molecular weight is 374 g/mol. The van der Waals surface area contributed by atoms with Crippen LogP contribution in [0, 0.1) is 11.6 Å². The van der Waals surface area contributed by atoms with E-state index in [1.54, 1.807) is 24.3 Å². The molecule has 1 aliphatic heterocycles. The highest BCUT2D eigenvalue weighted by atomic mass is 19.1. The summed E-state index contributed by atoms with van der Waals surface area (Å²) in [7, 11) is 0. The van der Waals surface area contributed by atoms with Crippen molar-refractivity contribution in [2.24, 2.45) is 0 Å². The zero-order valence-electron chi connectivity index (χ0n) is 15.2. The van der Waals surface area contributed by atoms with Gasteiger partial charge >= 0.3 is 0 Å². The van der Waals surface area contributed by atoms with E-state index in [0.717, 1.165) is 44.0 Å². The van der Waals surface area contributed by atoms with Crippen LogP contribution in [0.25, 0.3) is 0 Å². The highest BCUT2D eigenvalue weighted by Crippen LogP contribution is 2.22. The van der Waals surface area contributed by atoms with Gasteiger partial charge in [0.05, 0.1) is 19.1 Å². The Bertz CT molecular complexity index is 729. The molecule has 1 unspecified atom stereocenters. The lowest BCUT2D eigenvalue weighted by Gasteiger charge is -2.27. The van der Waals surface area contributed by atoms with Crippen molar-refractivity contribution in [1.29, 1.82) is 0 Å². The first-order valence-corrected chi connectivity index (χ1v) is 9.19. The normalized spacial score (nSPS) is 16.1. The number of halogens is 2. The van der Waals surface area contributed by atoms with E-state index < -0.39 is 5.92 Å². The Morgan fingerprint density at radius 2 is 1.59 bits per heavy atom. The van der Waals surface area contributed by atoms with Crippen molar-refractivity contribution in [3.8, 4) is 0 Å². The largest absolute Gasteiger partial charge is 0.379 e. The highest BCUT2D eigenvalue weighted by molar-refractivity contribution is 5.84. The lowest BCUT2D eigenvalue weighted by Crippen LogP contribution is -2.42. The molecule has 0 bridgehead atoms. The van der Waals surface area contributed by atoms with E-state index in [0.29, 0.717) is 13.0 Å². The van der Waals surface area contributed by atoms with Gasteiger partial charge in [-0.25, -0.2) is 8.78 Å². The van der Waals surface area contributed by atoms with Crippen LogP contribution in [-0.4, -0.2) is 50.2 Å². The lowest BCUT2D eigenvalue weighted by molar-refractivity contribution is -0.122. The summed E-state index contributed by atoms with van der Waals surface area (Å²) in [6.07, 6.45) is 0.426. The number of benzene rings is 2. The second kappa shape index (κ2) is 9.58. The number of amides is 1. The fourth-order valence-corrected chi connectivity index (χ4v) is 3.20. The van der Waals surface area contributed by atoms with Crippen LogP contribution in [0.5, 0.6) is 0 Å². The number of carbonyl (C=O) groups is 1. The van der Waals surface area contributed by atoms with Crippen LogP contribution in [0.15, 0.2) is 48.5 Å². The van der Waals surface area contributed by atoms with E-state index in [1.165, 1.54) is 24.3 Å². The molecule has 1 aliphatic rings. The van der Waals surface area contributed by atoms with E-state index in [4.69, 9.17) is 4.74 Å². The molecule has 4 nitrogen and oxygen atoms in total. The van der Waals surface area contributed by atoms with Crippen molar-refractivity contribution >= 4 is 5.91 Å². The summed E-state index contributed by atoms with van der Waals surface area (Å²) in [4.78, 5) is 15.1. The first kappa shape index (κ1) is 19.5. The number of morpholine rings is 1. The zero-order chi connectivity index (χ0) is 19.1. The van der Waals surface area contributed by atoms with E-state index in [1.807, 2.05) is 0 Å². The topological polar surface area (TPSA) is 41.6 Å². The van der Waals surface area contributed by atoms with Crippen molar-refractivity contribution in [2.75, 3.05) is 39.4 Å². The van der Waals surface area contributed by atoms with Gasteiger partial charge in [0.15, 0.2) is 0 Å². The fraction of sp³-hybridized carbons (Fsp3) is 0.381. The van der Waals surface area contributed by atoms with Gasteiger partial charge in [0.25, 0.3) is 0 Å². The minimum Gasteiger partial charge on any atom is -0.379 e. The molecule has 1 N–H and O–H groups in total. The molecule has 1 saturated heterocycles. The van der Waals surface area contributed by atoms with E-state index in [-0.39, 0.29) is 17.5 Å². The number of hydrogen-bond donors (Lipinski definition) is 1. The molecule has 0 spiro atoms. The predicted octanol–water partition coefficient (Wildman–Crippen LogP) is 2.74. The van der Waals surface area contributed by atoms with Gasteiger partial charge in [-0.05, 0) is 41.8 Å². The van der Waals surface area contributed by atoms with Crippen LogP contribution >= 0.6 is 0 Å². The molecular formula is C21H24F2N2O2. The Kier molecular flexibility index (Phi) is 6.90. The third kappa shape index (κ3) is 5.84. The number of nitrogens with zero attached hydrogens (tertiary/aromatic N) is 1. The Morgan fingerprint density at radius 1 is 1.00 bits per heavy atom. The number of rotatable bonds is 7. The Balaban J connectivity index is 1.65. The molecule has 1 atom stereocenters. The number of carbonyl (C=O) groups excluding carboxylic acids is 1. The molecule has 6 heteroatoms. The van der Waals surface area contributed by atoms with Crippen LogP contribution in [0.2, 0.25) is 0 Å². The summed E-state index contributed by atoms with van der Waals surface area (Å²) in [6, 6.07) is 12.1. The van der Waals surface area contributed by atoms with Crippen LogP contribution < -0.4 is 5.32 Å². The third-order valence-electron chi connectivity index (χ3n) is 4.77. The van der Waals surface area contributed by atoms with Gasteiger partial charge in [-0.3, -0.25) is 9.69 Å². The highest BCUT2D eigenvalue weighted by Gasteiger charge is 2.21. The molecule has 1 heterocycles. The first-order valence-electron chi connectivity index (χ1n) is 9.19. The molecule has 3 rings (SSSR count). The quantitative estimate of drug-likeness (QED) is 0.810. The van der Waals surface area contributed by atoms with Crippen LogP contribution in [0.1, 0.15) is 17.0 Å². The number of ether oxygens (including phenoxy) is 1. The van der Waals surface area contributed by atoms with Gasteiger partial charge in [-0.2, -0.15) is 0 Å². The average Bonchev–Trinajstić information content (AvgIpc) is 2.69. The lowest BCUT2D eigenvalue weighted by atomic mass is 9.91. The summed E-state index contributed by atoms with van der Waals surface area (Å²) in [5, 5.41) is 2.99. The van der Waals surface area contributed by atoms with Gasteiger partial charge in [0.2, 0.25) is 5.91 Å². The Morgan fingerprint density at radius 3 is 2.22 bits per heavy atom. The molecule has 2 aromatic rings. The molecule has 27 heavy (non-hydrogen) atoms. The Labute approximate surface area is 158 Å². The van der Waals surface area contributed by atoms with Crippen LogP contribution in [0.3, 0.4) is 0 Å². The van der Waals surface area contributed by atoms with Crippen molar-refractivity contribution in [3.63, 3.8) is 0 Å². The maximum atomic E-state index is 13.3. The zero-order valence-corrected chi connectivity index (χ0v) is 15.2. The van der Waals surface area contributed by atoms with E-state index in [9.17, 15) is 13.6 Å². The van der Waals surface area contributed by atoms with Gasteiger partial charge in [0, 0.05) is 26.2 Å². The van der Waals surface area contributed by atoms with Crippen molar-refractivity contribution in [2.45, 2.75) is 12.3 Å². The molecule has 0 aromatic heterocycles. The van der Waals surface area contributed by atoms with Gasteiger partial charge < -0.3 is 10.1 Å². The van der Waals surface area contributed by atoms with Crippen molar-refractivity contribution < 1.29 is 18.3 Å². The van der Waals surface area contributed by atoms with Crippen LogP contribution in [-0.2, 0) is 16.0 Å². The first-order chi connectivity index (χ1) is 13.1. The SMILES string of the molecule is O=C(NCCN1CCOCC1)C(Cc1ccc(F)cc1)c1ccc(F)cc1. The smallest absolute Gasteiger partial charge is 0.227 e. The second-order valence-corrected chi connectivity index (χ2v) is 6.68. The Hall–Kier alpha value is -2.31. The molecule has 0 saturated carbocycles. The molecular weight excluding hydrogens is 350 g/mol. The van der Waals surface area contributed by atoms with Crippen molar-refractivity contribution in [1.82, 2.24) is 10.2 Å². The fourth-order valence-electron chi connectivity index (χ4n) is 3.20. The minimum absolute atomic E-state index is 0.112. The van der Waals surface area contributed by atoms with Gasteiger partial charge in [0.1, 0.15) is 11.6 Å². The standard InChI is InChI=1S/C21H24F2N2O2/c22-18-5-1-16(2-6-18)15-20(17-3-7-19(23)8-4-17)21(26)24-9-10-25-11-13-27-14-12-25/h1-8,20H,9-15H2,(H,24,26). The van der Waals surface area contributed by atoms with E-state index in [2.05, 4.69) is 10.2 Å². The monoisotopic (exact) mass is 374 g/mol. The van der Waals surface area contributed by atoms with E-state index >= 15 is 0 Å². The number of hydrogen-bond acceptors (Lipinski definition) is 3. The second-order valence-electron chi connectivity index (χ2n) is 6.68. The van der Waals surface area contributed by atoms with Gasteiger partial charge in [-0.1, -0.05) is 24.3 Å². The number of nitrogens with one attached hydrogen (secondary N) is 1. The summed E-state index contributed by atoms with van der Waals surface area (Å²) in [5.41, 5.74) is 1.60.